The highest BCUT2D eigenvalue weighted by molar-refractivity contribution is 14.1. The number of rotatable bonds is 2. The van der Waals surface area contributed by atoms with E-state index in [0.29, 0.717) is 11.2 Å². The van der Waals surface area contributed by atoms with E-state index in [9.17, 15) is 19.1 Å². The van der Waals surface area contributed by atoms with Gasteiger partial charge in [-0.05, 0) is 57.4 Å². The van der Waals surface area contributed by atoms with Crippen molar-refractivity contribution in [3.8, 4) is 28.0 Å². The zero-order valence-electron chi connectivity index (χ0n) is 23.6. The van der Waals surface area contributed by atoms with E-state index < -0.39 is 12.8 Å². The molecule has 0 unspecified atom stereocenters. The lowest BCUT2D eigenvalue weighted by molar-refractivity contribution is 0.473. The Balaban J connectivity index is 0.000000195. The van der Waals surface area contributed by atoms with Crippen LogP contribution < -0.4 is 11.3 Å². The molecule has 0 saturated heterocycles. The Morgan fingerprint density at radius 3 is 1.61 bits per heavy atom. The van der Waals surface area contributed by atoms with Crippen molar-refractivity contribution in [3.63, 3.8) is 0 Å². The predicted molar refractivity (Wildman–Crippen MR) is 174 cm³/mol. The van der Waals surface area contributed by atoms with Gasteiger partial charge < -0.3 is 13.9 Å². The summed E-state index contributed by atoms with van der Waals surface area (Å²) in [7, 11) is -1.00. The number of aromatic hydroxyl groups is 1. The predicted octanol–water partition coefficient (Wildman–Crippen LogP) is 8.96. The van der Waals surface area contributed by atoms with Crippen molar-refractivity contribution in [2.24, 2.45) is 0 Å². The molecular weight excluding hydrogens is 633 g/mol. The van der Waals surface area contributed by atoms with Gasteiger partial charge >= 0.3 is 11.3 Å². The van der Waals surface area contributed by atoms with E-state index in [1.807, 2.05) is 85.8 Å². The number of phenolic OH excluding ortho intramolecular Hbond substituents is 1. The van der Waals surface area contributed by atoms with E-state index in [1.165, 1.54) is 16.6 Å². The summed E-state index contributed by atoms with van der Waals surface area (Å²) >= 11 is 2.29. The van der Waals surface area contributed by atoms with Gasteiger partial charge in [-0.15, -0.1) is 0 Å². The van der Waals surface area contributed by atoms with Crippen LogP contribution in [0.5, 0.6) is 5.75 Å². The maximum Gasteiger partial charge on any atom is 0.336 e. The number of halogens is 2. The van der Waals surface area contributed by atoms with Crippen LogP contribution in [0.1, 0.15) is 13.9 Å². The fourth-order valence-electron chi connectivity index (χ4n) is 4.13. The van der Waals surface area contributed by atoms with Crippen LogP contribution in [-0.4, -0.2) is 16.7 Å². The summed E-state index contributed by atoms with van der Waals surface area (Å²) in [6, 6.07) is 33.2. The van der Waals surface area contributed by atoms with Gasteiger partial charge in [0.25, 0.3) is 0 Å². The first-order chi connectivity index (χ1) is 20.3. The van der Waals surface area contributed by atoms with Gasteiger partial charge in [-0.3, -0.25) is 4.39 Å². The molecule has 6 rings (SSSR count). The van der Waals surface area contributed by atoms with E-state index in [2.05, 4.69) is 29.5 Å². The van der Waals surface area contributed by atoms with Crippen molar-refractivity contribution in [1.82, 2.24) is 0 Å². The second kappa shape index (κ2) is 15.5. The SMILES string of the molecule is C[11CH2]I.Cc1ccc2c(-c3ccccc3)cc(=O)oc2c1.O=c1cc(-c2ccccc2)c2ccc(O)cc2o1.[2H]CF. The molecule has 6 aromatic rings. The summed E-state index contributed by atoms with van der Waals surface area (Å²) in [6.45, 7) is 4.09. The zero-order chi connectivity index (χ0) is 30.5. The average molecular weight is 665 g/mol. The molecule has 1 N–H and O–H groups in total. The minimum Gasteiger partial charge on any atom is -0.508 e. The van der Waals surface area contributed by atoms with Gasteiger partial charge in [-0.2, -0.15) is 0 Å². The second-order valence-corrected chi connectivity index (χ2v) is 10.2. The molecule has 2 aromatic heterocycles. The third kappa shape index (κ3) is 8.38. The summed E-state index contributed by atoms with van der Waals surface area (Å²) in [5.41, 5.74) is 5.07. The topological polar surface area (TPSA) is 80.7 Å². The quantitative estimate of drug-likeness (QED) is 0.114. The van der Waals surface area contributed by atoms with Gasteiger partial charge in [-0.1, -0.05) is 102 Å². The molecule has 0 aliphatic rings. The number of alkyl halides is 2. The number of benzene rings is 4. The highest BCUT2D eigenvalue weighted by atomic mass is 127. The maximum absolute atomic E-state index is 11.6. The minimum atomic E-state index is -1.00. The van der Waals surface area contributed by atoms with Crippen LogP contribution in [0.3, 0.4) is 0 Å². The summed E-state index contributed by atoms with van der Waals surface area (Å²) in [4.78, 5) is 23.2. The monoisotopic (exact) mass is 664 g/mol. The molecule has 2 heterocycles. The molecule has 7 heteroatoms. The summed E-state index contributed by atoms with van der Waals surface area (Å²) < 4.78 is 27.1. The first-order valence-corrected chi connectivity index (χ1v) is 14.2. The molecule has 0 aliphatic carbocycles. The number of hydrogen-bond donors (Lipinski definition) is 1. The summed E-state index contributed by atoms with van der Waals surface area (Å²) in [6.07, 6.45) is 0. The van der Waals surface area contributed by atoms with Crippen LogP contribution in [0.25, 0.3) is 44.2 Å². The number of fused-ring (bicyclic) bond motifs is 2. The van der Waals surface area contributed by atoms with Crippen LogP contribution in [0.2, 0.25) is 0 Å². The van der Waals surface area contributed by atoms with Crippen LogP contribution in [0.15, 0.2) is 128 Å². The molecule has 0 radical (unpaired) electrons. The Bertz CT molecular complexity index is 1700. The van der Waals surface area contributed by atoms with Gasteiger partial charge in [0.2, 0.25) is 0 Å². The lowest BCUT2D eigenvalue weighted by Gasteiger charge is -2.05. The van der Waals surface area contributed by atoms with E-state index >= 15 is 0 Å². The maximum atomic E-state index is 11.6. The Kier molecular flexibility index (Phi) is 11.3. The van der Waals surface area contributed by atoms with Gasteiger partial charge in [0, 0.05) is 29.0 Å². The number of phenols is 1. The largest absolute Gasteiger partial charge is 0.508 e. The number of aryl methyl sites for hydroxylation is 1. The molecule has 0 saturated carbocycles. The highest BCUT2D eigenvalue weighted by Gasteiger charge is 2.09. The standard InChI is InChI=1S/C16H12O2.C15H10O3.C2H5I.CH3F/c1-11-7-8-13-14(12-5-3-2-4-6-12)10-16(17)18-15(13)9-11;16-11-6-7-12-13(10-4-2-1-3-5-10)9-15(17)18-14(12)8-11;1-2-3;1-2/h2-10H,1H3;1-9,16H;2H2,1H3;1H3/i;;2-1;1D. The van der Waals surface area contributed by atoms with Crippen molar-refractivity contribution in [1.29, 1.82) is 0 Å². The first-order valence-electron chi connectivity index (χ1n) is 13.3. The van der Waals surface area contributed by atoms with Crippen LogP contribution in [0, 0.1) is 6.92 Å². The minimum absolute atomic E-state index is 0.0795. The third-order valence-electron chi connectivity index (χ3n) is 5.80. The third-order valence-corrected chi connectivity index (χ3v) is 5.80. The highest BCUT2D eigenvalue weighted by Crippen LogP contribution is 2.29. The Labute approximate surface area is 252 Å². The van der Waals surface area contributed by atoms with Crippen LogP contribution in [-0.2, 0) is 0 Å². The molecule has 0 bridgehead atoms. The van der Waals surface area contributed by atoms with Gasteiger partial charge in [0.15, 0.2) is 0 Å². The van der Waals surface area contributed by atoms with Crippen molar-refractivity contribution in [2.75, 3.05) is 11.6 Å². The molecule has 4 aromatic carbocycles. The Hall–Kier alpha value is -4.24. The van der Waals surface area contributed by atoms with E-state index in [0.717, 1.165) is 38.6 Å². The van der Waals surface area contributed by atoms with Gasteiger partial charge in [0.05, 0.1) is 8.52 Å². The van der Waals surface area contributed by atoms with E-state index in [-0.39, 0.29) is 11.4 Å². The van der Waals surface area contributed by atoms with E-state index in [4.69, 9.17) is 10.2 Å². The average Bonchev–Trinajstić information content (AvgIpc) is 2.98. The smallest absolute Gasteiger partial charge is 0.336 e. The Morgan fingerprint density at radius 2 is 1.15 bits per heavy atom. The van der Waals surface area contributed by atoms with Crippen LogP contribution in [0.4, 0.5) is 4.39 Å². The zero-order valence-corrected chi connectivity index (χ0v) is 24.8. The van der Waals surface area contributed by atoms with Gasteiger partial charge in [-0.25, -0.2) is 9.59 Å². The molecule has 0 aliphatic heterocycles. The number of hydrogen-bond acceptors (Lipinski definition) is 5. The van der Waals surface area contributed by atoms with Crippen molar-refractivity contribution in [3.05, 3.63) is 136 Å². The van der Waals surface area contributed by atoms with Crippen molar-refractivity contribution in [2.45, 2.75) is 13.8 Å². The summed E-state index contributed by atoms with van der Waals surface area (Å²) in [5, 5.41) is 11.2. The van der Waals surface area contributed by atoms with E-state index in [1.54, 1.807) is 18.2 Å². The first kappa shape index (κ1) is 29.7. The normalized spacial score (nSPS) is 10.3. The van der Waals surface area contributed by atoms with Gasteiger partial charge in [0.1, 0.15) is 16.9 Å². The fourth-order valence-corrected chi connectivity index (χ4v) is 4.13. The summed E-state index contributed by atoms with van der Waals surface area (Å²) in [5.74, 6) is 0.0795. The molecule has 0 amide bonds. The lowest BCUT2D eigenvalue weighted by Crippen LogP contribution is -1.98. The van der Waals surface area contributed by atoms with Crippen molar-refractivity contribution >= 4 is 44.5 Å². The molecule has 41 heavy (non-hydrogen) atoms. The van der Waals surface area contributed by atoms with Crippen LogP contribution >= 0.6 is 22.6 Å². The molecule has 210 valence electrons. The fraction of sp³-hybridized carbons (Fsp3) is 0.118. The molecule has 0 spiro atoms. The molecule has 0 fully saturated rings. The molecule has 5 nitrogen and oxygen atoms in total. The second-order valence-electron chi connectivity index (χ2n) is 8.64. The lowest BCUT2D eigenvalue weighted by atomic mass is 10.0. The Morgan fingerprint density at radius 1 is 0.732 bits per heavy atom. The van der Waals surface area contributed by atoms with Crippen molar-refractivity contribution < 1.29 is 19.7 Å². The molecule has 0 atom stereocenters. The molecular formula is C34H30FIO5.